The van der Waals surface area contributed by atoms with Crippen LogP contribution in [0.5, 0.6) is 0 Å². The summed E-state index contributed by atoms with van der Waals surface area (Å²) in [5.41, 5.74) is 0. The monoisotopic (exact) mass is 356 g/mol. The van der Waals surface area contributed by atoms with Gasteiger partial charge in [0.2, 0.25) is 0 Å². The summed E-state index contributed by atoms with van der Waals surface area (Å²) in [5.74, 6) is 0.572. The molecule has 3 atom stereocenters. The van der Waals surface area contributed by atoms with Crippen LogP contribution in [0.2, 0.25) is 0 Å². The Kier molecular flexibility index (Phi) is 12.2. The Labute approximate surface area is 155 Å². The lowest BCUT2D eigenvalue weighted by atomic mass is 9.99. The van der Waals surface area contributed by atoms with E-state index in [-0.39, 0.29) is 29.8 Å². The number of ketones is 2. The molecule has 3 unspecified atom stereocenters. The van der Waals surface area contributed by atoms with Gasteiger partial charge in [-0.15, -0.1) is 0 Å². The largest absolute Gasteiger partial charge is 0.383 e. The second-order valence-electron chi connectivity index (χ2n) is 7.12. The maximum Gasteiger partial charge on any atom is 0.152 e. The van der Waals surface area contributed by atoms with Gasteiger partial charge < -0.3 is 4.74 Å². The van der Waals surface area contributed by atoms with Crippen molar-refractivity contribution in [2.24, 2.45) is 5.92 Å². The molecule has 0 aliphatic heterocycles. The maximum absolute atomic E-state index is 12.4. The van der Waals surface area contributed by atoms with E-state index < -0.39 is 0 Å². The van der Waals surface area contributed by atoms with Crippen molar-refractivity contribution in [1.29, 1.82) is 0 Å². The summed E-state index contributed by atoms with van der Waals surface area (Å²) in [6.07, 6.45) is 1.45. The zero-order chi connectivity index (χ0) is 19.6. The Morgan fingerprint density at radius 2 is 1.60 bits per heavy atom. The van der Waals surface area contributed by atoms with Crippen molar-refractivity contribution in [1.82, 2.24) is 9.80 Å². The summed E-state index contributed by atoms with van der Waals surface area (Å²) < 4.78 is 5.26. The predicted octanol–water partition coefficient (Wildman–Crippen LogP) is 3.02. The number of carbonyl (C=O) groups is 2. The van der Waals surface area contributed by atoms with Gasteiger partial charge in [0.05, 0.1) is 18.7 Å². The fourth-order valence-electron chi connectivity index (χ4n) is 3.46. The van der Waals surface area contributed by atoms with Gasteiger partial charge >= 0.3 is 0 Å². The average molecular weight is 357 g/mol. The average Bonchev–Trinajstić information content (AvgIpc) is 2.60. The van der Waals surface area contributed by atoms with E-state index in [4.69, 9.17) is 4.74 Å². The van der Waals surface area contributed by atoms with E-state index in [2.05, 4.69) is 30.6 Å². The first-order valence-electron chi connectivity index (χ1n) is 9.80. The molecular formula is C20H40N2O3. The third-order valence-electron chi connectivity index (χ3n) is 5.14. The molecule has 0 heterocycles. The number of methoxy groups -OCH3 is 1. The summed E-state index contributed by atoms with van der Waals surface area (Å²) >= 11 is 0. The van der Waals surface area contributed by atoms with Crippen LogP contribution in [0.15, 0.2) is 0 Å². The van der Waals surface area contributed by atoms with Gasteiger partial charge in [-0.3, -0.25) is 19.4 Å². The minimum atomic E-state index is -0.169. The molecule has 0 fully saturated rings. The Morgan fingerprint density at radius 1 is 1.00 bits per heavy atom. The number of ether oxygens (including phenoxy) is 1. The molecular weight excluding hydrogens is 316 g/mol. The number of hydrogen-bond acceptors (Lipinski definition) is 5. The minimum Gasteiger partial charge on any atom is -0.383 e. The van der Waals surface area contributed by atoms with Crippen LogP contribution in [0, 0.1) is 5.92 Å². The molecule has 0 rings (SSSR count). The highest BCUT2D eigenvalue weighted by atomic mass is 16.5. The quantitative estimate of drug-likeness (QED) is 0.479. The van der Waals surface area contributed by atoms with Crippen LogP contribution in [0.3, 0.4) is 0 Å². The maximum atomic E-state index is 12.4. The van der Waals surface area contributed by atoms with E-state index in [0.717, 1.165) is 26.1 Å². The molecule has 0 saturated heterocycles. The lowest BCUT2D eigenvalue weighted by Crippen LogP contribution is -2.49. The highest BCUT2D eigenvalue weighted by molar-refractivity contribution is 5.85. The minimum absolute atomic E-state index is 0.0525. The molecule has 0 aromatic heterocycles. The number of carbonyl (C=O) groups excluding carboxylic acids is 2. The standard InChI is InChI=1S/C20H40N2O3/c1-9-19(23)18(14-25-8)21(10-2)13-12-16(6)22(11-3)17(7)20(24)15(4)5/h15-18H,9-14H2,1-8H3. The lowest BCUT2D eigenvalue weighted by molar-refractivity contribution is -0.127. The van der Waals surface area contributed by atoms with Crippen LogP contribution in [-0.2, 0) is 14.3 Å². The Hall–Kier alpha value is -0.780. The molecule has 0 saturated carbocycles. The summed E-state index contributed by atoms with van der Waals surface area (Å²) in [6, 6.07) is 0.0517. The molecule has 0 radical (unpaired) electrons. The highest BCUT2D eigenvalue weighted by Crippen LogP contribution is 2.15. The Balaban J connectivity index is 4.91. The fourth-order valence-corrected chi connectivity index (χ4v) is 3.46. The van der Waals surface area contributed by atoms with Crippen molar-refractivity contribution in [2.45, 2.75) is 79.4 Å². The van der Waals surface area contributed by atoms with Gasteiger partial charge in [-0.25, -0.2) is 0 Å². The van der Waals surface area contributed by atoms with Crippen molar-refractivity contribution >= 4 is 11.6 Å². The fraction of sp³-hybridized carbons (Fsp3) is 0.900. The van der Waals surface area contributed by atoms with Crippen LogP contribution in [-0.4, -0.2) is 72.8 Å². The van der Waals surface area contributed by atoms with Gasteiger partial charge in [-0.1, -0.05) is 34.6 Å². The molecule has 0 aliphatic rings. The van der Waals surface area contributed by atoms with Gasteiger partial charge in [-0.2, -0.15) is 0 Å². The first-order valence-corrected chi connectivity index (χ1v) is 9.80. The van der Waals surface area contributed by atoms with Gasteiger partial charge in [0.25, 0.3) is 0 Å². The molecule has 5 heteroatoms. The lowest BCUT2D eigenvalue weighted by Gasteiger charge is -2.36. The Morgan fingerprint density at radius 3 is 2.00 bits per heavy atom. The third-order valence-corrected chi connectivity index (χ3v) is 5.14. The van der Waals surface area contributed by atoms with Crippen molar-refractivity contribution in [3.05, 3.63) is 0 Å². The number of Topliss-reactive ketones (excluding diaryl/α,β-unsaturated/α-hetero) is 2. The molecule has 5 nitrogen and oxygen atoms in total. The smallest absolute Gasteiger partial charge is 0.152 e. The van der Waals surface area contributed by atoms with Crippen LogP contribution in [0.25, 0.3) is 0 Å². The molecule has 0 amide bonds. The summed E-state index contributed by atoms with van der Waals surface area (Å²) in [5, 5.41) is 0. The molecule has 25 heavy (non-hydrogen) atoms. The van der Waals surface area contributed by atoms with Gasteiger partial charge in [0.1, 0.15) is 0 Å². The molecule has 148 valence electrons. The summed E-state index contributed by atoms with van der Waals surface area (Å²) in [6.45, 7) is 17.1. The normalized spacial score (nSPS) is 15.6. The van der Waals surface area contributed by atoms with Crippen molar-refractivity contribution in [3.63, 3.8) is 0 Å². The van der Waals surface area contributed by atoms with Gasteiger partial charge in [0, 0.05) is 32.0 Å². The molecule has 0 N–H and O–H groups in total. The van der Waals surface area contributed by atoms with E-state index in [1.54, 1.807) is 7.11 Å². The van der Waals surface area contributed by atoms with Crippen LogP contribution in [0.1, 0.15) is 61.3 Å². The zero-order valence-electron chi connectivity index (χ0n) is 17.7. The van der Waals surface area contributed by atoms with Gasteiger partial charge in [0.15, 0.2) is 11.6 Å². The molecule has 0 aromatic rings. The van der Waals surface area contributed by atoms with E-state index in [1.165, 1.54) is 0 Å². The van der Waals surface area contributed by atoms with Crippen molar-refractivity contribution in [2.75, 3.05) is 33.4 Å². The summed E-state index contributed by atoms with van der Waals surface area (Å²) in [4.78, 5) is 29.1. The number of rotatable bonds is 14. The highest BCUT2D eigenvalue weighted by Gasteiger charge is 2.28. The molecule has 0 aliphatic carbocycles. The second-order valence-corrected chi connectivity index (χ2v) is 7.12. The molecule has 0 bridgehead atoms. The number of likely N-dealkylation sites (N-methyl/N-ethyl adjacent to an activating group) is 2. The van der Waals surface area contributed by atoms with E-state index >= 15 is 0 Å². The SMILES string of the molecule is CCC(=O)C(COC)N(CC)CCC(C)N(CC)C(C)C(=O)C(C)C. The van der Waals surface area contributed by atoms with Gasteiger partial charge in [-0.05, 0) is 33.4 Å². The first kappa shape index (κ1) is 24.2. The topological polar surface area (TPSA) is 49.9 Å². The van der Waals surface area contributed by atoms with Crippen LogP contribution < -0.4 is 0 Å². The molecule has 0 spiro atoms. The zero-order valence-corrected chi connectivity index (χ0v) is 17.7. The van der Waals surface area contributed by atoms with E-state index in [9.17, 15) is 9.59 Å². The van der Waals surface area contributed by atoms with Crippen LogP contribution >= 0.6 is 0 Å². The second kappa shape index (κ2) is 12.6. The van der Waals surface area contributed by atoms with E-state index in [0.29, 0.717) is 18.8 Å². The van der Waals surface area contributed by atoms with Crippen LogP contribution in [0.4, 0.5) is 0 Å². The third kappa shape index (κ3) is 7.55. The van der Waals surface area contributed by atoms with Crippen molar-refractivity contribution in [3.8, 4) is 0 Å². The first-order chi connectivity index (χ1) is 11.7. The molecule has 0 aromatic carbocycles. The predicted molar refractivity (Wildman–Crippen MR) is 104 cm³/mol. The number of hydrogen-bond donors (Lipinski definition) is 0. The summed E-state index contributed by atoms with van der Waals surface area (Å²) in [7, 11) is 1.64. The Bertz CT molecular complexity index is 398. The van der Waals surface area contributed by atoms with E-state index in [1.807, 2.05) is 27.7 Å². The number of nitrogens with zero attached hydrogens (tertiary/aromatic N) is 2. The van der Waals surface area contributed by atoms with Crippen molar-refractivity contribution < 1.29 is 14.3 Å².